The molecule has 26 heavy (non-hydrogen) atoms. The lowest BCUT2D eigenvalue weighted by Gasteiger charge is -2.16. The van der Waals surface area contributed by atoms with Crippen molar-refractivity contribution in [2.45, 2.75) is 24.8 Å². The summed E-state index contributed by atoms with van der Waals surface area (Å²) in [5.74, 6) is -0.714. The molecule has 0 bridgehead atoms. The fourth-order valence-corrected chi connectivity index (χ4v) is 2.71. The molecule has 2 N–H and O–H groups in total. The lowest BCUT2D eigenvalue weighted by atomic mass is 10.1. The maximum atomic E-state index is 12.9. The number of fused-ring (bicyclic) bond motifs is 1. The minimum Gasteiger partial charge on any atom is -0.373 e. The number of halogens is 6. The topological polar surface area (TPSA) is 41.1 Å². The number of alkyl halides is 6. The molecule has 1 aliphatic rings. The molecule has 2 aromatic carbocycles. The summed E-state index contributed by atoms with van der Waals surface area (Å²) in [6.45, 7) is 0. The molecule has 2 aromatic rings. The standard InChI is InChI=1S/C17H12F6N2O/c18-16(19,20)10-6-11(17(21,22)23)8-12(7-10)24-15(26)14-5-9-3-1-2-4-13(9)25-14/h1-4,6-8,14,25H,5H2,(H,24,26). The van der Waals surface area contributed by atoms with Crippen molar-refractivity contribution in [3.63, 3.8) is 0 Å². The maximum absolute atomic E-state index is 12.9. The van der Waals surface area contributed by atoms with Crippen molar-refractivity contribution >= 4 is 17.3 Å². The van der Waals surface area contributed by atoms with Crippen LogP contribution in [0.4, 0.5) is 37.7 Å². The SMILES string of the molecule is O=C(Nc1cc(C(F)(F)F)cc(C(F)(F)F)c1)C1Cc2ccccc2N1. The zero-order chi connectivity index (χ0) is 19.1. The van der Waals surface area contributed by atoms with Gasteiger partial charge in [0.05, 0.1) is 11.1 Å². The summed E-state index contributed by atoms with van der Waals surface area (Å²) in [5.41, 5.74) is -1.98. The first-order chi connectivity index (χ1) is 12.0. The molecule has 0 spiro atoms. The Morgan fingerprint density at radius 1 is 0.962 bits per heavy atom. The molecule has 9 heteroatoms. The van der Waals surface area contributed by atoms with E-state index in [4.69, 9.17) is 0 Å². The van der Waals surface area contributed by atoms with E-state index in [1.165, 1.54) is 0 Å². The first kappa shape index (κ1) is 18.1. The molecule has 0 aromatic heterocycles. The second kappa shape index (κ2) is 6.22. The van der Waals surface area contributed by atoms with Crippen LogP contribution in [0.3, 0.4) is 0 Å². The zero-order valence-electron chi connectivity index (χ0n) is 13.0. The zero-order valence-corrected chi connectivity index (χ0v) is 13.0. The molecule has 0 fully saturated rings. The molecule has 0 aliphatic carbocycles. The van der Waals surface area contributed by atoms with Crippen LogP contribution in [0.15, 0.2) is 42.5 Å². The van der Waals surface area contributed by atoms with E-state index in [1.807, 2.05) is 0 Å². The second-order valence-electron chi connectivity index (χ2n) is 5.84. The van der Waals surface area contributed by atoms with E-state index in [9.17, 15) is 31.1 Å². The smallest absolute Gasteiger partial charge is 0.373 e. The Bertz CT molecular complexity index is 787. The van der Waals surface area contributed by atoms with Crippen LogP contribution in [-0.4, -0.2) is 11.9 Å². The number of benzene rings is 2. The number of carbonyl (C=O) groups excluding carboxylic acids is 1. The molecule has 3 nitrogen and oxygen atoms in total. The van der Waals surface area contributed by atoms with Gasteiger partial charge in [-0.15, -0.1) is 0 Å². The predicted octanol–water partition coefficient (Wildman–Crippen LogP) is 4.70. The number of carbonyl (C=O) groups is 1. The van der Waals surface area contributed by atoms with Gasteiger partial charge in [0, 0.05) is 17.8 Å². The molecule has 1 unspecified atom stereocenters. The lowest BCUT2D eigenvalue weighted by Crippen LogP contribution is -2.33. The first-order valence-electron chi connectivity index (χ1n) is 7.49. The fourth-order valence-electron chi connectivity index (χ4n) is 2.71. The molecule has 0 radical (unpaired) electrons. The summed E-state index contributed by atoms with van der Waals surface area (Å²) < 4.78 is 77.2. The summed E-state index contributed by atoms with van der Waals surface area (Å²) in [7, 11) is 0. The van der Waals surface area contributed by atoms with Crippen LogP contribution in [0.5, 0.6) is 0 Å². The van der Waals surface area contributed by atoms with Crippen LogP contribution in [0.2, 0.25) is 0 Å². The van der Waals surface area contributed by atoms with Crippen molar-refractivity contribution in [3.8, 4) is 0 Å². The molecular weight excluding hydrogens is 362 g/mol. The summed E-state index contributed by atoms with van der Waals surface area (Å²) in [6.07, 6.45) is -9.65. The molecule has 3 rings (SSSR count). The highest BCUT2D eigenvalue weighted by Crippen LogP contribution is 2.37. The summed E-state index contributed by atoms with van der Waals surface area (Å²) >= 11 is 0. The van der Waals surface area contributed by atoms with Gasteiger partial charge in [0.25, 0.3) is 0 Å². The van der Waals surface area contributed by atoms with Gasteiger partial charge in [-0.1, -0.05) is 18.2 Å². The Hall–Kier alpha value is -2.71. The Labute approximate surface area is 144 Å². The summed E-state index contributed by atoms with van der Waals surface area (Å²) in [6, 6.07) is 7.22. The minimum atomic E-state index is -4.97. The molecule has 1 heterocycles. The molecule has 0 saturated heterocycles. The van der Waals surface area contributed by atoms with Crippen LogP contribution in [0, 0.1) is 0 Å². The van der Waals surface area contributed by atoms with Gasteiger partial charge >= 0.3 is 12.4 Å². The van der Waals surface area contributed by atoms with Crippen molar-refractivity contribution in [1.82, 2.24) is 0 Å². The maximum Gasteiger partial charge on any atom is 0.416 e. The normalized spacial score (nSPS) is 16.8. The van der Waals surface area contributed by atoms with Crippen LogP contribution in [0.1, 0.15) is 16.7 Å². The third-order valence-electron chi connectivity index (χ3n) is 3.94. The summed E-state index contributed by atoms with van der Waals surface area (Å²) in [5, 5.41) is 5.03. The monoisotopic (exact) mass is 374 g/mol. The molecule has 1 amide bonds. The van der Waals surface area contributed by atoms with Gasteiger partial charge in [-0.05, 0) is 29.8 Å². The highest BCUT2D eigenvalue weighted by Gasteiger charge is 2.37. The number of hydrogen-bond donors (Lipinski definition) is 2. The lowest BCUT2D eigenvalue weighted by molar-refractivity contribution is -0.143. The van der Waals surface area contributed by atoms with E-state index >= 15 is 0 Å². The number of amides is 1. The van der Waals surface area contributed by atoms with Gasteiger partial charge in [-0.2, -0.15) is 26.3 Å². The number of rotatable bonds is 2. The van der Waals surface area contributed by atoms with Crippen LogP contribution in [-0.2, 0) is 23.6 Å². The first-order valence-corrected chi connectivity index (χ1v) is 7.49. The number of hydrogen-bond acceptors (Lipinski definition) is 2. The molecular formula is C17H12F6N2O. The van der Waals surface area contributed by atoms with Crippen LogP contribution < -0.4 is 10.6 Å². The number of para-hydroxylation sites is 1. The van der Waals surface area contributed by atoms with Crippen LogP contribution in [0.25, 0.3) is 0 Å². The molecule has 1 atom stereocenters. The number of nitrogens with one attached hydrogen (secondary N) is 2. The Morgan fingerprint density at radius 2 is 1.54 bits per heavy atom. The van der Waals surface area contributed by atoms with E-state index < -0.39 is 41.1 Å². The Balaban J connectivity index is 1.84. The van der Waals surface area contributed by atoms with E-state index in [0.717, 1.165) is 5.56 Å². The third kappa shape index (κ3) is 3.76. The minimum absolute atomic E-state index is 0.0132. The van der Waals surface area contributed by atoms with Gasteiger partial charge < -0.3 is 10.6 Å². The van der Waals surface area contributed by atoms with Crippen molar-refractivity contribution in [3.05, 3.63) is 59.2 Å². The average Bonchev–Trinajstić information content (AvgIpc) is 2.97. The average molecular weight is 374 g/mol. The fraction of sp³-hybridized carbons (Fsp3) is 0.235. The van der Waals surface area contributed by atoms with Gasteiger partial charge in [0.1, 0.15) is 6.04 Å². The molecule has 138 valence electrons. The highest BCUT2D eigenvalue weighted by atomic mass is 19.4. The number of anilines is 2. The molecule has 1 aliphatic heterocycles. The van der Waals surface area contributed by atoms with Crippen molar-refractivity contribution < 1.29 is 31.1 Å². The van der Waals surface area contributed by atoms with Crippen molar-refractivity contribution in [1.29, 1.82) is 0 Å². The van der Waals surface area contributed by atoms with Gasteiger partial charge in [0.2, 0.25) is 5.91 Å². The van der Waals surface area contributed by atoms with Crippen molar-refractivity contribution in [2.24, 2.45) is 0 Å². The van der Waals surface area contributed by atoms with Gasteiger partial charge in [-0.3, -0.25) is 4.79 Å². The van der Waals surface area contributed by atoms with E-state index in [2.05, 4.69) is 10.6 Å². The van der Waals surface area contributed by atoms with Gasteiger partial charge in [0.15, 0.2) is 0 Å². The highest BCUT2D eigenvalue weighted by molar-refractivity contribution is 5.98. The quantitative estimate of drug-likeness (QED) is 0.749. The predicted molar refractivity (Wildman–Crippen MR) is 82.6 cm³/mol. The Kier molecular flexibility index (Phi) is 4.33. The van der Waals surface area contributed by atoms with Crippen molar-refractivity contribution in [2.75, 3.05) is 10.6 Å². The largest absolute Gasteiger partial charge is 0.416 e. The molecule has 0 saturated carbocycles. The third-order valence-corrected chi connectivity index (χ3v) is 3.94. The summed E-state index contributed by atoms with van der Waals surface area (Å²) in [4.78, 5) is 12.3. The van der Waals surface area contributed by atoms with E-state index in [0.29, 0.717) is 17.8 Å². The van der Waals surface area contributed by atoms with E-state index in [-0.39, 0.29) is 12.5 Å². The second-order valence-corrected chi connectivity index (χ2v) is 5.84. The van der Waals surface area contributed by atoms with Crippen LogP contribution >= 0.6 is 0 Å². The Morgan fingerprint density at radius 3 is 2.08 bits per heavy atom. The van der Waals surface area contributed by atoms with E-state index in [1.54, 1.807) is 24.3 Å². The van der Waals surface area contributed by atoms with Gasteiger partial charge in [-0.25, -0.2) is 0 Å².